The van der Waals surface area contributed by atoms with Crippen molar-refractivity contribution in [2.45, 2.75) is 13.5 Å². The number of aliphatic hydroxyl groups is 1. The molecule has 0 fully saturated rings. The van der Waals surface area contributed by atoms with Crippen LogP contribution in [-0.4, -0.2) is 5.11 Å². The zero-order chi connectivity index (χ0) is 14.4. The Morgan fingerprint density at radius 2 is 1.38 bits per heavy atom. The predicted molar refractivity (Wildman–Crippen MR) is 89.6 cm³/mol. The summed E-state index contributed by atoms with van der Waals surface area (Å²) in [5, 5.41) is 17.1. The molecule has 0 aliphatic carbocycles. The molecule has 21 heavy (non-hydrogen) atoms. The van der Waals surface area contributed by atoms with Gasteiger partial charge in [0, 0.05) is 0 Å². The molecule has 0 aromatic heterocycles. The van der Waals surface area contributed by atoms with Gasteiger partial charge in [0.15, 0.2) is 0 Å². The topological polar surface area (TPSA) is 20.2 Å². The van der Waals surface area contributed by atoms with Crippen LogP contribution in [0.5, 0.6) is 0 Å². The highest BCUT2D eigenvalue weighted by molar-refractivity contribution is 6.14. The van der Waals surface area contributed by atoms with Crippen LogP contribution in [0.4, 0.5) is 0 Å². The van der Waals surface area contributed by atoms with Gasteiger partial charge in [0.25, 0.3) is 0 Å². The monoisotopic (exact) mass is 272 g/mol. The van der Waals surface area contributed by atoms with Crippen molar-refractivity contribution in [3.63, 3.8) is 0 Å². The van der Waals surface area contributed by atoms with Gasteiger partial charge in [-0.1, -0.05) is 48.5 Å². The highest BCUT2D eigenvalue weighted by Gasteiger charge is 2.10. The fourth-order valence-electron chi connectivity index (χ4n) is 3.33. The molecule has 0 aliphatic rings. The van der Waals surface area contributed by atoms with Gasteiger partial charge in [0.05, 0.1) is 6.61 Å². The van der Waals surface area contributed by atoms with E-state index in [4.69, 9.17) is 0 Å². The predicted octanol–water partition coefficient (Wildman–Crippen LogP) is 4.95. The van der Waals surface area contributed by atoms with Crippen molar-refractivity contribution < 1.29 is 5.11 Å². The van der Waals surface area contributed by atoms with Crippen molar-refractivity contribution >= 4 is 32.3 Å². The van der Waals surface area contributed by atoms with Gasteiger partial charge in [-0.25, -0.2) is 0 Å². The first-order valence-corrected chi connectivity index (χ1v) is 7.23. The standard InChI is InChI=1S/C20H16O/c1-13-16-7-3-2-6-14(16)10-20-18-9-5-4-8-17(18)15(12-21)11-19(13)20/h2-11,21H,12H2,1H3. The summed E-state index contributed by atoms with van der Waals surface area (Å²) < 4.78 is 0. The van der Waals surface area contributed by atoms with Crippen LogP contribution in [0.3, 0.4) is 0 Å². The molecule has 4 aromatic carbocycles. The number of benzene rings is 4. The molecular formula is C20H16O. The third-order valence-electron chi connectivity index (χ3n) is 4.41. The van der Waals surface area contributed by atoms with Crippen molar-refractivity contribution in [3.8, 4) is 0 Å². The van der Waals surface area contributed by atoms with Gasteiger partial charge in [-0.15, -0.1) is 0 Å². The minimum absolute atomic E-state index is 0.0721. The van der Waals surface area contributed by atoms with Crippen molar-refractivity contribution in [2.75, 3.05) is 0 Å². The van der Waals surface area contributed by atoms with E-state index in [1.807, 2.05) is 6.07 Å². The van der Waals surface area contributed by atoms with Crippen molar-refractivity contribution in [3.05, 3.63) is 71.8 Å². The Morgan fingerprint density at radius 3 is 2.14 bits per heavy atom. The number of aliphatic hydroxyl groups excluding tert-OH is 1. The van der Waals surface area contributed by atoms with E-state index in [-0.39, 0.29) is 6.61 Å². The van der Waals surface area contributed by atoms with Crippen LogP contribution >= 0.6 is 0 Å². The molecule has 1 heteroatoms. The van der Waals surface area contributed by atoms with Crippen LogP contribution < -0.4 is 0 Å². The van der Waals surface area contributed by atoms with E-state index < -0.39 is 0 Å². The molecule has 102 valence electrons. The smallest absolute Gasteiger partial charge is 0.0688 e. The molecule has 0 saturated heterocycles. The lowest BCUT2D eigenvalue weighted by atomic mass is 9.92. The molecule has 4 aromatic rings. The van der Waals surface area contributed by atoms with Gasteiger partial charge >= 0.3 is 0 Å². The quantitative estimate of drug-likeness (QED) is 0.384. The van der Waals surface area contributed by atoms with E-state index in [1.54, 1.807) is 0 Å². The van der Waals surface area contributed by atoms with E-state index in [1.165, 1.54) is 32.5 Å². The molecule has 0 unspecified atom stereocenters. The van der Waals surface area contributed by atoms with Crippen LogP contribution in [-0.2, 0) is 6.61 Å². The van der Waals surface area contributed by atoms with E-state index in [0.717, 1.165) is 10.9 Å². The number of fused-ring (bicyclic) bond motifs is 4. The second kappa shape index (κ2) is 4.57. The zero-order valence-electron chi connectivity index (χ0n) is 11.9. The minimum Gasteiger partial charge on any atom is -0.392 e. The molecule has 0 spiro atoms. The van der Waals surface area contributed by atoms with Crippen LogP contribution in [0, 0.1) is 6.92 Å². The number of aryl methyl sites for hydroxylation is 1. The zero-order valence-corrected chi connectivity index (χ0v) is 11.9. The Morgan fingerprint density at radius 1 is 0.714 bits per heavy atom. The summed E-state index contributed by atoms with van der Waals surface area (Å²) in [7, 11) is 0. The number of rotatable bonds is 1. The summed E-state index contributed by atoms with van der Waals surface area (Å²) in [4.78, 5) is 0. The fourth-order valence-corrected chi connectivity index (χ4v) is 3.33. The molecule has 0 bridgehead atoms. The molecule has 1 nitrogen and oxygen atoms in total. The SMILES string of the molecule is Cc1c2ccccc2cc2c1cc(CO)c1ccccc12. The number of hydrogen-bond donors (Lipinski definition) is 1. The highest BCUT2D eigenvalue weighted by Crippen LogP contribution is 2.34. The first kappa shape index (κ1) is 12.4. The maximum atomic E-state index is 9.70. The summed E-state index contributed by atoms with van der Waals surface area (Å²) in [6.07, 6.45) is 0. The second-order valence-corrected chi connectivity index (χ2v) is 5.56. The lowest BCUT2D eigenvalue weighted by molar-refractivity contribution is 0.283. The van der Waals surface area contributed by atoms with Crippen molar-refractivity contribution in [1.82, 2.24) is 0 Å². The molecule has 0 saturated carbocycles. The Kier molecular flexibility index (Phi) is 2.69. The first-order valence-electron chi connectivity index (χ1n) is 7.23. The third-order valence-corrected chi connectivity index (χ3v) is 4.41. The summed E-state index contributed by atoms with van der Waals surface area (Å²) >= 11 is 0. The Balaban J connectivity index is 2.31. The summed E-state index contributed by atoms with van der Waals surface area (Å²) in [5.74, 6) is 0. The summed E-state index contributed by atoms with van der Waals surface area (Å²) in [6, 6.07) is 21.2. The van der Waals surface area contributed by atoms with Crippen molar-refractivity contribution in [1.29, 1.82) is 0 Å². The van der Waals surface area contributed by atoms with E-state index in [9.17, 15) is 5.11 Å². The van der Waals surface area contributed by atoms with Crippen molar-refractivity contribution in [2.24, 2.45) is 0 Å². The normalized spacial score (nSPS) is 11.5. The lowest BCUT2D eigenvalue weighted by Crippen LogP contribution is -1.90. The van der Waals surface area contributed by atoms with Gasteiger partial charge < -0.3 is 5.11 Å². The largest absolute Gasteiger partial charge is 0.392 e. The molecule has 0 radical (unpaired) electrons. The van der Waals surface area contributed by atoms with Crippen LogP contribution in [0.25, 0.3) is 32.3 Å². The minimum atomic E-state index is 0.0721. The van der Waals surface area contributed by atoms with E-state index >= 15 is 0 Å². The maximum absolute atomic E-state index is 9.70. The average Bonchev–Trinajstić information content (AvgIpc) is 2.55. The molecular weight excluding hydrogens is 256 g/mol. The molecule has 4 rings (SSSR count). The summed E-state index contributed by atoms with van der Waals surface area (Å²) in [5.41, 5.74) is 2.28. The third kappa shape index (κ3) is 1.75. The molecule has 1 N–H and O–H groups in total. The van der Waals surface area contributed by atoms with E-state index in [0.29, 0.717) is 0 Å². The molecule has 0 atom stereocenters. The Labute approximate surface area is 123 Å². The average molecular weight is 272 g/mol. The van der Waals surface area contributed by atoms with Gasteiger partial charge in [-0.3, -0.25) is 0 Å². The van der Waals surface area contributed by atoms with Gasteiger partial charge in [0.1, 0.15) is 0 Å². The fraction of sp³-hybridized carbons (Fsp3) is 0.100. The van der Waals surface area contributed by atoms with E-state index in [2.05, 4.69) is 61.5 Å². The van der Waals surface area contributed by atoms with Gasteiger partial charge in [-0.2, -0.15) is 0 Å². The lowest BCUT2D eigenvalue weighted by Gasteiger charge is -2.13. The maximum Gasteiger partial charge on any atom is 0.0688 e. The van der Waals surface area contributed by atoms with Gasteiger partial charge in [-0.05, 0) is 62.5 Å². The van der Waals surface area contributed by atoms with Crippen LogP contribution in [0.1, 0.15) is 11.1 Å². The molecule has 0 amide bonds. The van der Waals surface area contributed by atoms with Gasteiger partial charge in [0.2, 0.25) is 0 Å². The Hall–Kier alpha value is -2.38. The second-order valence-electron chi connectivity index (χ2n) is 5.56. The van der Waals surface area contributed by atoms with Crippen LogP contribution in [0.15, 0.2) is 60.7 Å². The summed E-state index contributed by atoms with van der Waals surface area (Å²) in [6.45, 7) is 2.24. The molecule has 0 heterocycles. The number of hydrogen-bond acceptors (Lipinski definition) is 1. The highest BCUT2D eigenvalue weighted by atomic mass is 16.3. The van der Waals surface area contributed by atoms with Crippen LogP contribution in [0.2, 0.25) is 0 Å². The Bertz CT molecular complexity index is 983. The first-order chi connectivity index (χ1) is 10.3. The molecule has 0 aliphatic heterocycles.